The Balaban J connectivity index is 2.84. The number of methoxy groups -OCH3 is 1. The Morgan fingerprint density at radius 1 is 1.29 bits per heavy atom. The van der Waals surface area contributed by atoms with E-state index in [-0.39, 0.29) is 17.9 Å². The van der Waals surface area contributed by atoms with Crippen LogP contribution in [0, 0.1) is 0 Å². The summed E-state index contributed by atoms with van der Waals surface area (Å²) < 4.78 is 4.95. The Hall–Kier alpha value is -1.75. The van der Waals surface area contributed by atoms with Gasteiger partial charge in [-0.15, -0.1) is 0 Å². The van der Waals surface area contributed by atoms with Gasteiger partial charge >= 0.3 is 0 Å². The average Bonchev–Trinajstić information content (AvgIpc) is 2.46. The molecule has 0 fully saturated rings. The highest BCUT2D eigenvalue weighted by atomic mass is 16.5. The lowest BCUT2D eigenvalue weighted by Crippen LogP contribution is -2.41. The van der Waals surface area contributed by atoms with E-state index >= 15 is 0 Å². The third-order valence-electron chi connectivity index (χ3n) is 3.71. The molecule has 0 radical (unpaired) electrons. The van der Waals surface area contributed by atoms with Crippen molar-refractivity contribution in [2.24, 2.45) is 5.73 Å². The van der Waals surface area contributed by atoms with Crippen molar-refractivity contribution in [3.05, 3.63) is 23.8 Å². The van der Waals surface area contributed by atoms with Crippen LogP contribution in [-0.2, 0) is 10.4 Å². The van der Waals surface area contributed by atoms with Crippen molar-refractivity contribution in [1.29, 1.82) is 0 Å². The first kappa shape index (κ1) is 17.3. The molecule has 0 aliphatic rings. The van der Waals surface area contributed by atoms with Crippen LogP contribution in [0.2, 0.25) is 0 Å². The number of primary amides is 1. The lowest BCUT2D eigenvalue weighted by molar-refractivity contribution is -0.138. The fourth-order valence-electron chi connectivity index (χ4n) is 2.34. The molecule has 1 unspecified atom stereocenters. The first-order valence-electron chi connectivity index (χ1n) is 7.35. The van der Waals surface area contributed by atoms with E-state index < -0.39 is 11.5 Å². The van der Waals surface area contributed by atoms with E-state index in [4.69, 9.17) is 10.5 Å². The summed E-state index contributed by atoms with van der Waals surface area (Å²) in [7, 11) is 1.43. The zero-order valence-corrected chi connectivity index (χ0v) is 12.8. The van der Waals surface area contributed by atoms with Crippen molar-refractivity contribution in [2.75, 3.05) is 7.11 Å². The lowest BCUT2D eigenvalue weighted by Gasteiger charge is -2.25. The van der Waals surface area contributed by atoms with Gasteiger partial charge in [-0.05, 0) is 30.5 Å². The molecule has 0 spiro atoms. The third-order valence-corrected chi connectivity index (χ3v) is 3.71. The number of phenols is 1. The fourth-order valence-corrected chi connectivity index (χ4v) is 2.34. The second-order valence-electron chi connectivity index (χ2n) is 5.28. The van der Waals surface area contributed by atoms with Crippen molar-refractivity contribution in [3.63, 3.8) is 0 Å². The van der Waals surface area contributed by atoms with E-state index in [2.05, 4.69) is 6.92 Å². The van der Waals surface area contributed by atoms with E-state index in [1.165, 1.54) is 19.2 Å². The summed E-state index contributed by atoms with van der Waals surface area (Å²) in [5.74, 6) is -0.642. The van der Waals surface area contributed by atoms with Crippen LogP contribution in [0.15, 0.2) is 18.2 Å². The Morgan fingerprint density at radius 3 is 2.48 bits per heavy atom. The maximum absolute atomic E-state index is 11.7. The van der Waals surface area contributed by atoms with Gasteiger partial charge in [0, 0.05) is 0 Å². The summed E-state index contributed by atoms with van der Waals surface area (Å²) in [6.07, 6.45) is 5.22. The molecule has 0 heterocycles. The maximum Gasteiger partial charge on any atom is 0.254 e. The van der Waals surface area contributed by atoms with Gasteiger partial charge in [-0.1, -0.05) is 38.7 Å². The molecule has 0 aliphatic heterocycles. The number of aromatic hydroxyl groups is 1. The normalized spacial score (nSPS) is 13.7. The van der Waals surface area contributed by atoms with Crippen LogP contribution in [0.1, 0.15) is 51.0 Å². The van der Waals surface area contributed by atoms with Crippen LogP contribution in [0.3, 0.4) is 0 Å². The van der Waals surface area contributed by atoms with Crippen molar-refractivity contribution < 1.29 is 19.7 Å². The Kier molecular flexibility index (Phi) is 6.49. The second kappa shape index (κ2) is 7.88. The second-order valence-corrected chi connectivity index (χ2v) is 5.28. The number of hydrogen-bond donors (Lipinski definition) is 3. The van der Waals surface area contributed by atoms with Crippen LogP contribution in [-0.4, -0.2) is 23.2 Å². The van der Waals surface area contributed by atoms with E-state index in [1.807, 2.05) is 0 Å². The summed E-state index contributed by atoms with van der Waals surface area (Å²) in [5.41, 5.74) is 3.90. The van der Waals surface area contributed by atoms with Crippen LogP contribution in [0.5, 0.6) is 11.5 Å². The Labute approximate surface area is 125 Å². The topological polar surface area (TPSA) is 92.8 Å². The highest BCUT2D eigenvalue weighted by Crippen LogP contribution is 2.34. The summed E-state index contributed by atoms with van der Waals surface area (Å²) in [5, 5.41) is 20.4. The summed E-state index contributed by atoms with van der Waals surface area (Å²) in [6, 6.07) is 4.39. The highest BCUT2D eigenvalue weighted by Gasteiger charge is 2.35. The van der Waals surface area contributed by atoms with Crippen molar-refractivity contribution in [3.8, 4) is 11.5 Å². The molecule has 0 bridgehead atoms. The zero-order chi connectivity index (χ0) is 15.9. The fraction of sp³-hybridized carbons (Fsp3) is 0.562. The Morgan fingerprint density at radius 2 is 1.95 bits per heavy atom. The molecule has 1 rings (SSSR count). The molecule has 0 saturated carbocycles. The predicted octanol–water partition coefficient (Wildman–Crippen LogP) is 2.43. The van der Waals surface area contributed by atoms with Gasteiger partial charge in [0.05, 0.1) is 7.11 Å². The van der Waals surface area contributed by atoms with Gasteiger partial charge in [0.15, 0.2) is 17.1 Å². The number of carbonyl (C=O) groups is 1. The average molecular weight is 295 g/mol. The molecule has 1 aromatic carbocycles. The molecular formula is C16H25NO4. The van der Waals surface area contributed by atoms with Gasteiger partial charge < -0.3 is 20.7 Å². The molecule has 4 N–H and O–H groups in total. The number of nitrogens with two attached hydrogens (primary N) is 1. The van der Waals surface area contributed by atoms with Gasteiger partial charge in [0.25, 0.3) is 5.91 Å². The monoisotopic (exact) mass is 295 g/mol. The molecule has 1 amide bonds. The van der Waals surface area contributed by atoms with Gasteiger partial charge in [-0.2, -0.15) is 0 Å². The van der Waals surface area contributed by atoms with Crippen LogP contribution < -0.4 is 10.5 Å². The number of benzene rings is 1. The molecule has 1 atom stereocenters. The highest BCUT2D eigenvalue weighted by molar-refractivity contribution is 5.84. The minimum Gasteiger partial charge on any atom is -0.504 e. The first-order chi connectivity index (χ1) is 9.95. The number of phenolic OH excluding ortho intramolecular Hbond substituents is 1. The quantitative estimate of drug-likeness (QED) is 0.610. The smallest absolute Gasteiger partial charge is 0.254 e. The van der Waals surface area contributed by atoms with E-state index in [0.29, 0.717) is 12.0 Å². The lowest BCUT2D eigenvalue weighted by atomic mass is 9.87. The summed E-state index contributed by atoms with van der Waals surface area (Å²) in [6.45, 7) is 2.12. The van der Waals surface area contributed by atoms with Crippen LogP contribution in [0.25, 0.3) is 0 Å². The molecule has 118 valence electrons. The summed E-state index contributed by atoms with van der Waals surface area (Å²) in [4.78, 5) is 11.7. The minimum atomic E-state index is -1.75. The molecule has 5 heteroatoms. The molecule has 1 aromatic rings. The number of carbonyl (C=O) groups excluding carboxylic acids is 1. The molecular weight excluding hydrogens is 270 g/mol. The largest absolute Gasteiger partial charge is 0.504 e. The van der Waals surface area contributed by atoms with Gasteiger partial charge in [-0.25, -0.2) is 0 Å². The maximum atomic E-state index is 11.7. The molecule has 0 aliphatic carbocycles. The molecule has 0 aromatic heterocycles. The number of amides is 1. The van der Waals surface area contributed by atoms with Gasteiger partial charge in [0.1, 0.15) is 0 Å². The number of aliphatic hydroxyl groups is 1. The number of unbranched alkanes of at least 4 members (excludes halogenated alkanes) is 4. The number of hydrogen-bond acceptors (Lipinski definition) is 4. The number of ether oxygens (including phenoxy) is 1. The molecule has 5 nitrogen and oxygen atoms in total. The van der Waals surface area contributed by atoms with Crippen LogP contribution >= 0.6 is 0 Å². The number of rotatable bonds is 9. The first-order valence-corrected chi connectivity index (χ1v) is 7.35. The standard InChI is InChI=1S/C16H25NO4/c1-3-4-5-6-7-10-16(20,15(17)19)12-8-9-14(21-2)13(18)11-12/h8-9,11,18,20H,3-7,10H2,1-2H3,(H2,17,19). The van der Waals surface area contributed by atoms with Crippen molar-refractivity contribution >= 4 is 5.91 Å². The Bertz CT molecular complexity index is 475. The van der Waals surface area contributed by atoms with Crippen molar-refractivity contribution in [2.45, 2.75) is 51.0 Å². The van der Waals surface area contributed by atoms with E-state index in [9.17, 15) is 15.0 Å². The van der Waals surface area contributed by atoms with Crippen molar-refractivity contribution in [1.82, 2.24) is 0 Å². The predicted molar refractivity (Wildman–Crippen MR) is 81.1 cm³/mol. The van der Waals surface area contributed by atoms with E-state index in [1.54, 1.807) is 6.07 Å². The van der Waals surface area contributed by atoms with E-state index in [0.717, 1.165) is 25.7 Å². The van der Waals surface area contributed by atoms with Crippen LogP contribution in [0.4, 0.5) is 0 Å². The van der Waals surface area contributed by atoms with Gasteiger partial charge in [0.2, 0.25) is 0 Å². The SMILES string of the molecule is CCCCCCCC(O)(C(N)=O)c1ccc(OC)c(O)c1. The van der Waals surface area contributed by atoms with Gasteiger partial charge in [-0.3, -0.25) is 4.79 Å². The molecule has 0 saturated heterocycles. The minimum absolute atomic E-state index is 0.124. The summed E-state index contributed by atoms with van der Waals surface area (Å²) >= 11 is 0. The molecule has 21 heavy (non-hydrogen) atoms. The zero-order valence-electron chi connectivity index (χ0n) is 12.8. The third kappa shape index (κ3) is 4.36.